The molecule has 0 bridgehead atoms. The lowest BCUT2D eigenvalue weighted by molar-refractivity contribution is -0.195. The van der Waals surface area contributed by atoms with Crippen molar-refractivity contribution in [3.05, 3.63) is 0 Å². The summed E-state index contributed by atoms with van der Waals surface area (Å²) in [6.45, 7) is 6.43. The van der Waals surface area contributed by atoms with Crippen LogP contribution in [0, 0.1) is 0 Å². The molecule has 0 aromatic rings. The van der Waals surface area contributed by atoms with Crippen LogP contribution in [0.4, 0.5) is 0 Å². The minimum Gasteiger partial charge on any atom is -0.390 e. The number of rotatable bonds is 4. The van der Waals surface area contributed by atoms with Crippen LogP contribution in [0.15, 0.2) is 0 Å². The fourth-order valence-electron chi connectivity index (χ4n) is 0.857. The molecule has 12 heavy (non-hydrogen) atoms. The SMILES string of the molecule is CC(O)C(C)(O)C(C)(C)OCN. The minimum atomic E-state index is -1.30. The van der Waals surface area contributed by atoms with Crippen LogP contribution in [0.5, 0.6) is 0 Å². The van der Waals surface area contributed by atoms with E-state index in [1.807, 2.05) is 0 Å². The van der Waals surface area contributed by atoms with Crippen molar-refractivity contribution in [2.75, 3.05) is 6.73 Å². The number of aliphatic hydroxyl groups excluding tert-OH is 1. The molecule has 0 radical (unpaired) electrons. The van der Waals surface area contributed by atoms with E-state index in [9.17, 15) is 10.2 Å². The van der Waals surface area contributed by atoms with Gasteiger partial charge in [-0.05, 0) is 27.7 Å². The summed E-state index contributed by atoms with van der Waals surface area (Å²) in [5, 5.41) is 19.1. The molecule has 74 valence electrons. The second kappa shape index (κ2) is 3.70. The molecule has 4 N–H and O–H groups in total. The number of nitrogens with two attached hydrogens (primary N) is 1. The first kappa shape index (κ1) is 11.8. The first-order valence-electron chi connectivity index (χ1n) is 4.00. The molecular formula is C8H19NO3. The summed E-state index contributed by atoms with van der Waals surface area (Å²) in [6, 6.07) is 0. The summed E-state index contributed by atoms with van der Waals surface area (Å²) >= 11 is 0. The first-order chi connectivity index (χ1) is 5.25. The lowest BCUT2D eigenvalue weighted by Crippen LogP contribution is -2.56. The van der Waals surface area contributed by atoms with E-state index in [0.29, 0.717) is 0 Å². The van der Waals surface area contributed by atoms with Gasteiger partial charge in [0.2, 0.25) is 0 Å². The van der Waals surface area contributed by atoms with Crippen LogP contribution in [0.1, 0.15) is 27.7 Å². The second-order valence-corrected chi connectivity index (χ2v) is 3.64. The Bertz CT molecular complexity index is 143. The van der Waals surface area contributed by atoms with Crippen molar-refractivity contribution in [3.8, 4) is 0 Å². The Morgan fingerprint density at radius 2 is 1.83 bits per heavy atom. The normalized spacial score (nSPS) is 20.2. The Morgan fingerprint density at radius 3 is 2.08 bits per heavy atom. The molecule has 0 amide bonds. The van der Waals surface area contributed by atoms with Gasteiger partial charge in [0.25, 0.3) is 0 Å². The van der Waals surface area contributed by atoms with Gasteiger partial charge in [-0.2, -0.15) is 0 Å². The molecule has 0 aliphatic rings. The zero-order chi connectivity index (χ0) is 9.99. The van der Waals surface area contributed by atoms with Crippen LogP contribution >= 0.6 is 0 Å². The maximum Gasteiger partial charge on any atom is 0.116 e. The van der Waals surface area contributed by atoms with Gasteiger partial charge in [-0.15, -0.1) is 0 Å². The van der Waals surface area contributed by atoms with Gasteiger partial charge in [-0.1, -0.05) is 0 Å². The lowest BCUT2D eigenvalue weighted by atomic mass is 9.83. The fraction of sp³-hybridized carbons (Fsp3) is 1.00. The summed E-state index contributed by atoms with van der Waals surface area (Å²) in [7, 11) is 0. The molecule has 4 heteroatoms. The van der Waals surface area contributed by atoms with Gasteiger partial charge in [0.05, 0.1) is 18.4 Å². The third kappa shape index (κ3) is 2.17. The van der Waals surface area contributed by atoms with Crippen molar-refractivity contribution in [1.82, 2.24) is 0 Å². The van der Waals surface area contributed by atoms with Gasteiger partial charge in [0.1, 0.15) is 5.60 Å². The summed E-state index contributed by atoms with van der Waals surface area (Å²) in [5.41, 5.74) is 3.05. The lowest BCUT2D eigenvalue weighted by Gasteiger charge is -2.41. The van der Waals surface area contributed by atoms with Crippen molar-refractivity contribution in [2.45, 2.75) is 45.0 Å². The molecule has 4 nitrogen and oxygen atoms in total. The van der Waals surface area contributed by atoms with E-state index in [4.69, 9.17) is 10.5 Å². The highest BCUT2D eigenvalue weighted by atomic mass is 16.5. The second-order valence-electron chi connectivity index (χ2n) is 3.64. The number of hydrogen-bond donors (Lipinski definition) is 3. The van der Waals surface area contributed by atoms with Gasteiger partial charge in [0, 0.05) is 0 Å². The molecular weight excluding hydrogens is 158 g/mol. The zero-order valence-corrected chi connectivity index (χ0v) is 8.16. The topological polar surface area (TPSA) is 75.7 Å². The largest absolute Gasteiger partial charge is 0.390 e. The Hall–Kier alpha value is -0.160. The molecule has 0 rings (SSSR count). The summed E-state index contributed by atoms with van der Waals surface area (Å²) in [4.78, 5) is 0. The molecule has 0 spiro atoms. The Morgan fingerprint density at radius 1 is 1.42 bits per heavy atom. The van der Waals surface area contributed by atoms with Crippen LogP contribution in [-0.2, 0) is 4.74 Å². The average molecular weight is 177 g/mol. The quantitative estimate of drug-likeness (QED) is 0.521. The van der Waals surface area contributed by atoms with E-state index in [1.165, 1.54) is 13.8 Å². The minimum absolute atomic E-state index is 0.0237. The highest BCUT2D eigenvalue weighted by Gasteiger charge is 2.44. The van der Waals surface area contributed by atoms with Gasteiger partial charge >= 0.3 is 0 Å². The molecule has 0 heterocycles. The molecule has 0 aliphatic carbocycles. The summed E-state index contributed by atoms with van der Waals surface area (Å²) in [6.07, 6.45) is -0.862. The van der Waals surface area contributed by atoms with Gasteiger partial charge in [-0.25, -0.2) is 0 Å². The van der Waals surface area contributed by atoms with E-state index in [0.717, 1.165) is 0 Å². The Kier molecular flexibility index (Phi) is 3.65. The van der Waals surface area contributed by atoms with Crippen molar-refractivity contribution in [3.63, 3.8) is 0 Å². The van der Waals surface area contributed by atoms with E-state index in [2.05, 4.69) is 0 Å². The van der Waals surface area contributed by atoms with Crippen LogP contribution in [0.25, 0.3) is 0 Å². The molecule has 0 aromatic carbocycles. The van der Waals surface area contributed by atoms with Crippen LogP contribution in [0.3, 0.4) is 0 Å². The maximum absolute atomic E-state index is 9.82. The smallest absolute Gasteiger partial charge is 0.116 e. The Balaban J connectivity index is 4.50. The maximum atomic E-state index is 9.82. The van der Waals surface area contributed by atoms with E-state index in [1.54, 1.807) is 13.8 Å². The summed E-state index contributed by atoms with van der Waals surface area (Å²) in [5.74, 6) is 0. The highest BCUT2D eigenvalue weighted by molar-refractivity contribution is 4.95. The van der Waals surface area contributed by atoms with Crippen LogP contribution < -0.4 is 5.73 Å². The Labute approximate surface area is 73.3 Å². The van der Waals surface area contributed by atoms with Crippen molar-refractivity contribution in [1.29, 1.82) is 0 Å². The predicted octanol–water partition coefficient (Wildman–Crippen LogP) is -0.170. The third-order valence-corrected chi connectivity index (χ3v) is 2.48. The first-order valence-corrected chi connectivity index (χ1v) is 4.00. The molecule has 0 saturated heterocycles. The average Bonchev–Trinajstić information content (AvgIpc) is 1.86. The van der Waals surface area contributed by atoms with Crippen LogP contribution in [-0.4, -0.2) is 34.2 Å². The van der Waals surface area contributed by atoms with Crippen molar-refractivity contribution >= 4 is 0 Å². The number of ether oxygens (including phenoxy) is 1. The molecule has 0 aliphatic heterocycles. The van der Waals surface area contributed by atoms with Gasteiger partial charge in [0.15, 0.2) is 0 Å². The molecule has 0 fully saturated rings. The monoisotopic (exact) mass is 177 g/mol. The number of hydrogen-bond acceptors (Lipinski definition) is 4. The van der Waals surface area contributed by atoms with E-state index >= 15 is 0 Å². The predicted molar refractivity (Wildman–Crippen MR) is 46.5 cm³/mol. The standard InChI is InChI=1S/C8H19NO3/c1-6(10)8(4,11)7(2,3)12-5-9/h6,10-11H,5,9H2,1-4H3. The van der Waals surface area contributed by atoms with E-state index in [-0.39, 0.29) is 6.73 Å². The molecule has 2 atom stereocenters. The summed E-state index contributed by atoms with van der Waals surface area (Å²) < 4.78 is 5.12. The van der Waals surface area contributed by atoms with Gasteiger partial charge in [-0.3, -0.25) is 0 Å². The van der Waals surface area contributed by atoms with E-state index < -0.39 is 17.3 Å². The van der Waals surface area contributed by atoms with Gasteiger partial charge < -0.3 is 20.7 Å². The molecule has 0 aromatic heterocycles. The van der Waals surface area contributed by atoms with Crippen molar-refractivity contribution in [2.24, 2.45) is 5.73 Å². The fourth-order valence-corrected chi connectivity index (χ4v) is 0.857. The van der Waals surface area contributed by atoms with Crippen LogP contribution in [0.2, 0.25) is 0 Å². The third-order valence-electron chi connectivity index (χ3n) is 2.48. The molecule has 0 saturated carbocycles. The zero-order valence-electron chi connectivity index (χ0n) is 8.16. The number of aliphatic hydroxyl groups is 2. The highest BCUT2D eigenvalue weighted by Crippen LogP contribution is 2.28. The molecule has 2 unspecified atom stereocenters. The van der Waals surface area contributed by atoms with Crippen molar-refractivity contribution < 1.29 is 14.9 Å².